The summed E-state index contributed by atoms with van der Waals surface area (Å²) in [7, 11) is 0. The molecule has 0 aliphatic heterocycles. The number of non-ortho nitro benzene ring substituents is 1. The normalized spacial score (nSPS) is 12.1. The Kier molecular flexibility index (Phi) is 6.82. The van der Waals surface area contributed by atoms with Gasteiger partial charge in [-0.2, -0.15) is 0 Å². The second-order valence-corrected chi connectivity index (χ2v) is 5.94. The Labute approximate surface area is 157 Å². The Hall–Kier alpha value is -3.48. The van der Waals surface area contributed by atoms with Crippen molar-refractivity contribution in [3.8, 4) is 0 Å². The molecule has 0 aliphatic rings. The van der Waals surface area contributed by atoms with E-state index in [0.717, 1.165) is 5.56 Å². The SMILES string of the molecule is CCC(NC(=O)/C(=C/c1cccc([N+](=O)[O-])c1)NC(C)=O)c1ccccc1. The van der Waals surface area contributed by atoms with Crippen LogP contribution in [0.5, 0.6) is 0 Å². The number of nitrogens with zero attached hydrogens (tertiary/aromatic N) is 1. The van der Waals surface area contributed by atoms with Crippen LogP contribution in [0.3, 0.4) is 0 Å². The number of hydrogen-bond acceptors (Lipinski definition) is 4. The average molecular weight is 367 g/mol. The molecule has 0 spiro atoms. The molecular weight excluding hydrogens is 346 g/mol. The van der Waals surface area contributed by atoms with E-state index in [1.165, 1.54) is 31.2 Å². The van der Waals surface area contributed by atoms with Crippen LogP contribution in [-0.2, 0) is 9.59 Å². The smallest absolute Gasteiger partial charge is 0.270 e. The van der Waals surface area contributed by atoms with Crippen LogP contribution < -0.4 is 10.6 Å². The van der Waals surface area contributed by atoms with E-state index >= 15 is 0 Å². The first-order valence-electron chi connectivity index (χ1n) is 8.50. The summed E-state index contributed by atoms with van der Waals surface area (Å²) < 4.78 is 0. The highest BCUT2D eigenvalue weighted by Crippen LogP contribution is 2.18. The summed E-state index contributed by atoms with van der Waals surface area (Å²) in [5.41, 5.74) is 1.32. The average Bonchev–Trinajstić information content (AvgIpc) is 2.66. The van der Waals surface area contributed by atoms with Crippen molar-refractivity contribution in [1.29, 1.82) is 0 Å². The van der Waals surface area contributed by atoms with Crippen LogP contribution in [-0.4, -0.2) is 16.7 Å². The fourth-order valence-electron chi connectivity index (χ4n) is 2.59. The Bertz CT molecular complexity index is 863. The molecule has 7 heteroatoms. The first-order chi connectivity index (χ1) is 12.9. The maximum atomic E-state index is 12.7. The standard InChI is InChI=1S/C20H21N3O4/c1-3-18(16-9-5-4-6-10-16)22-20(25)19(21-14(2)24)13-15-8-7-11-17(12-15)23(26)27/h4-13,18H,3H2,1-2H3,(H,21,24)(H,22,25)/b19-13-. The molecule has 1 unspecified atom stereocenters. The van der Waals surface area contributed by atoms with E-state index < -0.39 is 16.7 Å². The second-order valence-electron chi connectivity index (χ2n) is 5.94. The molecule has 0 aromatic heterocycles. The Morgan fingerprint density at radius 3 is 2.44 bits per heavy atom. The molecule has 7 nitrogen and oxygen atoms in total. The third kappa shape index (κ3) is 5.78. The zero-order chi connectivity index (χ0) is 19.8. The zero-order valence-electron chi connectivity index (χ0n) is 15.1. The van der Waals surface area contributed by atoms with Crippen LogP contribution in [0.2, 0.25) is 0 Å². The number of benzene rings is 2. The minimum atomic E-state index is -0.516. The summed E-state index contributed by atoms with van der Waals surface area (Å²) in [5, 5.41) is 16.3. The minimum Gasteiger partial charge on any atom is -0.344 e. The summed E-state index contributed by atoms with van der Waals surface area (Å²) in [6.07, 6.45) is 2.08. The van der Waals surface area contributed by atoms with E-state index in [0.29, 0.717) is 12.0 Å². The lowest BCUT2D eigenvalue weighted by Gasteiger charge is -2.19. The molecular formula is C20H21N3O4. The number of hydrogen-bond donors (Lipinski definition) is 2. The van der Waals surface area contributed by atoms with E-state index in [-0.39, 0.29) is 17.4 Å². The number of carbonyl (C=O) groups is 2. The molecule has 0 saturated heterocycles. The van der Waals surface area contributed by atoms with Gasteiger partial charge >= 0.3 is 0 Å². The summed E-state index contributed by atoms with van der Waals surface area (Å²) in [4.78, 5) is 34.6. The van der Waals surface area contributed by atoms with Gasteiger partial charge in [0.25, 0.3) is 11.6 Å². The highest BCUT2D eigenvalue weighted by Gasteiger charge is 2.17. The number of nitro benzene ring substituents is 1. The summed E-state index contributed by atoms with van der Waals surface area (Å²) >= 11 is 0. The van der Waals surface area contributed by atoms with Gasteiger partial charge < -0.3 is 10.6 Å². The molecule has 0 saturated carbocycles. The van der Waals surface area contributed by atoms with Crippen molar-refractivity contribution in [2.24, 2.45) is 0 Å². The summed E-state index contributed by atoms with van der Waals surface area (Å²) in [6, 6.07) is 15.1. The Balaban J connectivity index is 2.29. The number of carbonyl (C=O) groups excluding carboxylic acids is 2. The third-order valence-corrected chi connectivity index (χ3v) is 3.86. The Morgan fingerprint density at radius 2 is 1.85 bits per heavy atom. The number of amides is 2. The summed E-state index contributed by atoms with van der Waals surface area (Å²) in [5.74, 6) is -0.873. The molecule has 1 atom stereocenters. The molecule has 2 rings (SSSR count). The highest BCUT2D eigenvalue weighted by molar-refractivity contribution is 6.01. The second kappa shape index (κ2) is 9.28. The van der Waals surface area contributed by atoms with Crippen LogP contribution in [0, 0.1) is 10.1 Å². The monoisotopic (exact) mass is 367 g/mol. The van der Waals surface area contributed by atoms with Crippen LogP contribution >= 0.6 is 0 Å². The fourth-order valence-corrected chi connectivity index (χ4v) is 2.59. The lowest BCUT2D eigenvalue weighted by atomic mass is 10.0. The highest BCUT2D eigenvalue weighted by atomic mass is 16.6. The van der Waals surface area contributed by atoms with Gasteiger partial charge in [-0.15, -0.1) is 0 Å². The minimum absolute atomic E-state index is 0.0254. The number of nitrogens with one attached hydrogen (secondary N) is 2. The van der Waals surface area contributed by atoms with E-state index in [1.54, 1.807) is 6.07 Å². The van der Waals surface area contributed by atoms with Crippen molar-refractivity contribution in [2.45, 2.75) is 26.3 Å². The van der Waals surface area contributed by atoms with Crippen molar-refractivity contribution in [1.82, 2.24) is 10.6 Å². The molecule has 0 fully saturated rings. The van der Waals surface area contributed by atoms with Crippen LogP contribution in [0.15, 0.2) is 60.3 Å². The molecule has 2 aromatic carbocycles. The first-order valence-corrected chi connectivity index (χ1v) is 8.50. The molecule has 0 heterocycles. The lowest BCUT2D eigenvalue weighted by Crippen LogP contribution is -2.36. The van der Waals surface area contributed by atoms with Crippen molar-refractivity contribution >= 4 is 23.6 Å². The predicted molar refractivity (Wildman–Crippen MR) is 103 cm³/mol. The van der Waals surface area contributed by atoms with Gasteiger partial charge in [0.1, 0.15) is 5.70 Å². The van der Waals surface area contributed by atoms with E-state index in [4.69, 9.17) is 0 Å². The number of nitro groups is 1. The van der Waals surface area contributed by atoms with Crippen LogP contribution in [0.25, 0.3) is 6.08 Å². The van der Waals surface area contributed by atoms with Crippen molar-refractivity contribution in [3.05, 3.63) is 81.5 Å². The largest absolute Gasteiger partial charge is 0.344 e. The third-order valence-electron chi connectivity index (χ3n) is 3.86. The molecule has 140 valence electrons. The Morgan fingerprint density at radius 1 is 1.15 bits per heavy atom. The molecule has 2 N–H and O–H groups in total. The van der Waals surface area contributed by atoms with Gasteiger partial charge in [0.15, 0.2) is 0 Å². The topological polar surface area (TPSA) is 101 Å². The van der Waals surface area contributed by atoms with Gasteiger partial charge in [-0.1, -0.05) is 49.4 Å². The van der Waals surface area contributed by atoms with Crippen LogP contribution in [0.1, 0.15) is 37.4 Å². The van der Waals surface area contributed by atoms with Gasteiger partial charge in [0.2, 0.25) is 5.91 Å². The van der Waals surface area contributed by atoms with E-state index in [2.05, 4.69) is 10.6 Å². The first kappa shape index (κ1) is 19.8. The maximum absolute atomic E-state index is 12.7. The van der Waals surface area contributed by atoms with Gasteiger partial charge in [0.05, 0.1) is 11.0 Å². The molecule has 2 aromatic rings. The van der Waals surface area contributed by atoms with Crippen molar-refractivity contribution in [3.63, 3.8) is 0 Å². The maximum Gasteiger partial charge on any atom is 0.270 e. The molecule has 0 bridgehead atoms. The predicted octanol–water partition coefficient (Wildman–Crippen LogP) is 3.34. The van der Waals surface area contributed by atoms with Gasteiger partial charge in [-0.05, 0) is 23.6 Å². The van der Waals surface area contributed by atoms with E-state index in [1.807, 2.05) is 37.3 Å². The zero-order valence-corrected chi connectivity index (χ0v) is 15.1. The molecule has 0 radical (unpaired) electrons. The van der Waals surface area contributed by atoms with Crippen molar-refractivity contribution < 1.29 is 14.5 Å². The van der Waals surface area contributed by atoms with Gasteiger partial charge in [-0.25, -0.2) is 0 Å². The molecule has 2 amide bonds. The molecule has 27 heavy (non-hydrogen) atoms. The fraction of sp³-hybridized carbons (Fsp3) is 0.200. The van der Waals surface area contributed by atoms with E-state index in [9.17, 15) is 19.7 Å². The quantitative estimate of drug-likeness (QED) is 0.445. The summed E-state index contributed by atoms with van der Waals surface area (Å²) in [6.45, 7) is 3.24. The van der Waals surface area contributed by atoms with Crippen molar-refractivity contribution in [2.75, 3.05) is 0 Å². The lowest BCUT2D eigenvalue weighted by molar-refractivity contribution is -0.384. The van der Waals surface area contributed by atoms with Crippen LogP contribution in [0.4, 0.5) is 5.69 Å². The number of rotatable bonds is 7. The molecule has 0 aliphatic carbocycles. The van der Waals surface area contributed by atoms with Gasteiger partial charge in [0, 0.05) is 19.1 Å². The van der Waals surface area contributed by atoms with Gasteiger partial charge in [-0.3, -0.25) is 19.7 Å².